The molecule has 5 nitrogen and oxygen atoms in total. The molecule has 0 aromatic heterocycles. The van der Waals surface area contributed by atoms with Crippen molar-refractivity contribution in [3.8, 4) is 0 Å². The number of rotatable bonds is 3. The van der Waals surface area contributed by atoms with Gasteiger partial charge in [0, 0.05) is 24.8 Å². The predicted octanol–water partition coefficient (Wildman–Crippen LogP) is 4.62. The minimum Gasteiger partial charge on any atom is -0.457 e. The lowest BCUT2D eigenvalue weighted by molar-refractivity contribution is -0.166. The maximum absolute atomic E-state index is 14.1. The number of carbonyl (C=O) groups excluding carboxylic acids is 2. The summed E-state index contributed by atoms with van der Waals surface area (Å²) in [7, 11) is 0. The van der Waals surface area contributed by atoms with Crippen molar-refractivity contribution in [3.05, 3.63) is 72.4 Å². The number of allylic oxidation sites excluding steroid dienone is 2. The number of hydrogen-bond acceptors (Lipinski definition) is 4. The molecule has 1 amide bonds. The Labute approximate surface area is 209 Å². The van der Waals surface area contributed by atoms with Crippen LogP contribution in [-0.4, -0.2) is 35.2 Å². The Kier molecular flexibility index (Phi) is 7.37. The molecule has 0 radical (unpaired) electrons. The molecule has 9 atom stereocenters. The van der Waals surface area contributed by atoms with E-state index in [1.54, 1.807) is 0 Å². The van der Waals surface area contributed by atoms with Gasteiger partial charge < -0.3 is 15.2 Å². The summed E-state index contributed by atoms with van der Waals surface area (Å²) in [4.78, 5) is 26.5. The van der Waals surface area contributed by atoms with Crippen molar-refractivity contribution in [2.75, 3.05) is 0 Å². The first-order valence-electron chi connectivity index (χ1n) is 12.9. The molecule has 5 heteroatoms. The number of aliphatic hydroxyl groups excluding tert-OH is 1. The molecular formula is C30H39NO4. The highest BCUT2D eigenvalue weighted by molar-refractivity contribution is 5.89. The fourth-order valence-electron chi connectivity index (χ4n) is 6.85. The quantitative estimate of drug-likeness (QED) is 0.492. The van der Waals surface area contributed by atoms with Gasteiger partial charge in [0.25, 0.3) is 0 Å². The molecule has 1 aromatic carbocycles. The third-order valence-electron chi connectivity index (χ3n) is 8.42. The summed E-state index contributed by atoms with van der Waals surface area (Å²) in [6.45, 7) is 12.1. The van der Waals surface area contributed by atoms with Crippen molar-refractivity contribution in [1.82, 2.24) is 5.32 Å². The first kappa shape index (κ1) is 25.4. The first-order chi connectivity index (χ1) is 16.7. The Bertz CT molecular complexity index is 1010. The molecule has 0 unspecified atom stereocenters. The van der Waals surface area contributed by atoms with Crippen LogP contribution in [0, 0.1) is 35.0 Å². The summed E-state index contributed by atoms with van der Waals surface area (Å²) in [5.74, 6) is -0.767. The van der Waals surface area contributed by atoms with E-state index in [1.165, 1.54) is 6.92 Å². The summed E-state index contributed by atoms with van der Waals surface area (Å²) in [5.41, 5.74) is 0.729. The Hall–Kier alpha value is -2.66. The second kappa shape index (κ2) is 10.1. The molecule has 1 saturated heterocycles. The van der Waals surface area contributed by atoms with E-state index in [0.717, 1.165) is 24.0 Å². The molecule has 4 rings (SSSR count). The van der Waals surface area contributed by atoms with Crippen molar-refractivity contribution in [2.24, 2.45) is 35.0 Å². The van der Waals surface area contributed by atoms with E-state index in [-0.39, 0.29) is 29.7 Å². The van der Waals surface area contributed by atoms with Crippen molar-refractivity contribution >= 4 is 11.9 Å². The molecule has 2 fully saturated rings. The van der Waals surface area contributed by atoms with E-state index >= 15 is 0 Å². The van der Waals surface area contributed by atoms with Gasteiger partial charge in [-0.1, -0.05) is 75.9 Å². The molecular weight excluding hydrogens is 438 g/mol. The molecule has 0 bridgehead atoms. The second-order valence-electron chi connectivity index (χ2n) is 11.0. The molecule has 1 spiro atoms. The van der Waals surface area contributed by atoms with Crippen LogP contribution >= 0.6 is 0 Å². The van der Waals surface area contributed by atoms with Gasteiger partial charge in [-0.3, -0.25) is 9.59 Å². The highest BCUT2D eigenvalue weighted by Crippen LogP contribution is 2.58. The van der Waals surface area contributed by atoms with Crippen molar-refractivity contribution in [3.63, 3.8) is 0 Å². The van der Waals surface area contributed by atoms with Gasteiger partial charge in [-0.2, -0.15) is 0 Å². The molecule has 1 heterocycles. The van der Waals surface area contributed by atoms with Gasteiger partial charge >= 0.3 is 5.97 Å². The van der Waals surface area contributed by atoms with Crippen molar-refractivity contribution in [1.29, 1.82) is 0 Å². The molecule has 3 aliphatic rings. The molecule has 2 aliphatic carbocycles. The molecule has 1 aromatic rings. The van der Waals surface area contributed by atoms with E-state index in [9.17, 15) is 14.7 Å². The standard InChI is InChI=1S/C30H39NO4/c1-18-10-9-13-24-28(33)21(4)20(3)27-25(17-23-11-7-6-8-12-23)31-29(34)30(24,27)26(35-22(5)32)15-14-19(2)16-18/h6-9,11-15,18-20,24-28,33H,4,10,16-17H2,1-3,5H3,(H,31,34)/t18-,19+,20+,24-,25-,26+,27-,28+,30+/m0/s1. The summed E-state index contributed by atoms with van der Waals surface area (Å²) in [5, 5.41) is 14.8. The normalized spacial score (nSPS) is 39.2. The van der Waals surface area contributed by atoms with E-state index < -0.39 is 29.5 Å². The van der Waals surface area contributed by atoms with Crippen LogP contribution in [0.25, 0.3) is 0 Å². The third kappa shape index (κ3) is 4.63. The smallest absolute Gasteiger partial charge is 0.303 e. The Morgan fingerprint density at radius 2 is 1.89 bits per heavy atom. The number of hydrogen-bond donors (Lipinski definition) is 2. The van der Waals surface area contributed by atoms with Gasteiger partial charge in [-0.25, -0.2) is 0 Å². The van der Waals surface area contributed by atoms with Crippen LogP contribution in [0.3, 0.4) is 0 Å². The highest BCUT2D eigenvalue weighted by Gasteiger charge is 2.68. The van der Waals surface area contributed by atoms with Gasteiger partial charge in [0.2, 0.25) is 5.91 Å². The number of nitrogens with one attached hydrogen (secondary N) is 1. The second-order valence-corrected chi connectivity index (χ2v) is 11.0. The minimum absolute atomic E-state index is 0.143. The molecule has 2 N–H and O–H groups in total. The van der Waals surface area contributed by atoms with E-state index in [0.29, 0.717) is 12.3 Å². The average molecular weight is 478 g/mol. The zero-order chi connectivity index (χ0) is 25.3. The number of carbonyl (C=O) groups is 2. The van der Waals surface area contributed by atoms with Gasteiger partial charge in [0.05, 0.1) is 6.10 Å². The van der Waals surface area contributed by atoms with Crippen LogP contribution in [0.4, 0.5) is 0 Å². The Morgan fingerprint density at radius 3 is 2.57 bits per heavy atom. The van der Waals surface area contributed by atoms with Crippen molar-refractivity contribution < 1.29 is 19.4 Å². The van der Waals surface area contributed by atoms with Crippen LogP contribution in [0.15, 0.2) is 66.8 Å². The van der Waals surface area contributed by atoms with E-state index in [2.05, 4.69) is 50.0 Å². The minimum atomic E-state index is -1.13. The van der Waals surface area contributed by atoms with Gasteiger partial charge in [-0.05, 0) is 54.2 Å². The topological polar surface area (TPSA) is 75.6 Å². The molecule has 188 valence electrons. The van der Waals surface area contributed by atoms with Gasteiger partial charge in [0.15, 0.2) is 0 Å². The third-order valence-corrected chi connectivity index (χ3v) is 8.42. The lowest BCUT2D eigenvalue weighted by Crippen LogP contribution is -2.60. The summed E-state index contributed by atoms with van der Waals surface area (Å²) in [6, 6.07) is 9.94. The van der Waals surface area contributed by atoms with Gasteiger partial charge in [-0.15, -0.1) is 0 Å². The van der Waals surface area contributed by atoms with Crippen molar-refractivity contribution in [2.45, 2.75) is 65.2 Å². The van der Waals surface area contributed by atoms with E-state index in [4.69, 9.17) is 4.74 Å². The number of amides is 1. The summed E-state index contributed by atoms with van der Waals surface area (Å²) < 4.78 is 5.95. The van der Waals surface area contributed by atoms with Crippen LogP contribution < -0.4 is 5.32 Å². The van der Waals surface area contributed by atoms with Crippen LogP contribution in [-0.2, 0) is 20.7 Å². The van der Waals surface area contributed by atoms with Crippen LogP contribution in [0.1, 0.15) is 46.1 Å². The SMILES string of the molecule is C=C1[C@@H](C)[C@H]2[C@H](Cc3ccccc3)NC(=O)[C@]23[C@H](OC(C)=O)C=C[C@@H](C)C[C@@H](C)CC=C[C@H]3[C@@H]1O. The highest BCUT2D eigenvalue weighted by atomic mass is 16.5. The summed E-state index contributed by atoms with van der Waals surface area (Å²) >= 11 is 0. The number of ether oxygens (including phenoxy) is 1. The first-order valence-corrected chi connectivity index (χ1v) is 12.9. The molecule has 35 heavy (non-hydrogen) atoms. The van der Waals surface area contributed by atoms with Crippen LogP contribution in [0.2, 0.25) is 0 Å². The largest absolute Gasteiger partial charge is 0.457 e. The summed E-state index contributed by atoms with van der Waals surface area (Å²) in [6.07, 6.45) is 8.90. The monoisotopic (exact) mass is 477 g/mol. The zero-order valence-corrected chi connectivity index (χ0v) is 21.3. The molecule has 1 aliphatic heterocycles. The maximum Gasteiger partial charge on any atom is 0.303 e. The fourth-order valence-corrected chi connectivity index (χ4v) is 6.85. The lowest BCUT2D eigenvalue weighted by atomic mass is 9.51. The van der Waals surface area contributed by atoms with Gasteiger partial charge in [0.1, 0.15) is 11.5 Å². The van der Waals surface area contributed by atoms with E-state index in [1.807, 2.05) is 37.3 Å². The van der Waals surface area contributed by atoms with Crippen LogP contribution in [0.5, 0.6) is 0 Å². The predicted molar refractivity (Wildman–Crippen MR) is 137 cm³/mol. The number of aliphatic hydroxyl groups is 1. The average Bonchev–Trinajstić information content (AvgIpc) is 3.08. The lowest BCUT2D eigenvalue weighted by Gasteiger charge is -2.52. The number of benzene rings is 1. The fraction of sp³-hybridized carbons (Fsp3) is 0.533. The Morgan fingerprint density at radius 1 is 1.17 bits per heavy atom. The zero-order valence-electron chi connectivity index (χ0n) is 21.3. The maximum atomic E-state index is 14.1. The molecule has 1 saturated carbocycles. The Balaban J connectivity index is 1.90. The number of esters is 1.